The molecule has 0 amide bonds. The van der Waals surface area contributed by atoms with Crippen molar-refractivity contribution in [2.24, 2.45) is 7.05 Å². The maximum absolute atomic E-state index is 12.8. The number of nitrogens with zero attached hydrogens (tertiary/aromatic N) is 4. The van der Waals surface area contributed by atoms with Crippen LogP contribution in [0.2, 0.25) is 0 Å². The molecule has 0 aliphatic heterocycles. The van der Waals surface area contributed by atoms with Crippen LogP contribution in [0, 0.1) is 0 Å². The van der Waals surface area contributed by atoms with Gasteiger partial charge in [-0.05, 0) is 11.8 Å². The molecule has 0 fully saturated rings. The fraction of sp³-hybridized carbons (Fsp3) is 0.267. The molecule has 3 heterocycles. The second-order valence-corrected chi connectivity index (χ2v) is 8.62. The van der Waals surface area contributed by atoms with Crippen LogP contribution in [0.15, 0.2) is 34.4 Å². The van der Waals surface area contributed by atoms with Crippen LogP contribution in [-0.2, 0) is 16.9 Å². The smallest absolute Gasteiger partial charge is 0.503 e. The Hall–Kier alpha value is -2.34. The van der Waals surface area contributed by atoms with Crippen molar-refractivity contribution < 1.29 is 26.7 Å². The van der Waals surface area contributed by atoms with Crippen molar-refractivity contribution in [2.45, 2.75) is 22.4 Å². The van der Waals surface area contributed by atoms with E-state index in [0.717, 1.165) is 12.3 Å². The van der Waals surface area contributed by atoms with E-state index in [1.165, 1.54) is 24.0 Å². The molecule has 0 aliphatic rings. The van der Waals surface area contributed by atoms with E-state index in [9.17, 15) is 26.7 Å². The second kappa shape index (κ2) is 6.68. The molecule has 0 bridgehead atoms. The first-order valence-electron chi connectivity index (χ1n) is 7.52. The Morgan fingerprint density at radius 1 is 1.22 bits per heavy atom. The van der Waals surface area contributed by atoms with Crippen LogP contribution in [0.25, 0.3) is 22.6 Å². The number of alkyl halides is 3. The molecule has 0 saturated heterocycles. The molecule has 0 aromatic carbocycles. The van der Waals surface area contributed by atoms with Crippen molar-refractivity contribution in [3.63, 3.8) is 0 Å². The third-order valence-corrected chi connectivity index (χ3v) is 5.97. The van der Waals surface area contributed by atoms with Gasteiger partial charge < -0.3 is 9.67 Å². The second-order valence-electron chi connectivity index (χ2n) is 5.43. The Balaban J connectivity index is 2.20. The minimum absolute atomic E-state index is 0.0336. The largest absolute Gasteiger partial charge is 0.506 e. The number of fused-ring (bicyclic) bond motifs is 1. The van der Waals surface area contributed by atoms with Crippen LogP contribution < -0.4 is 0 Å². The number of hydrogen-bond acceptors (Lipinski definition) is 7. The van der Waals surface area contributed by atoms with Crippen molar-refractivity contribution in [3.05, 3.63) is 24.5 Å². The topological polar surface area (TPSA) is 98.0 Å². The Labute approximate surface area is 156 Å². The minimum atomic E-state index is -5.57. The van der Waals surface area contributed by atoms with Gasteiger partial charge in [0.25, 0.3) is 9.84 Å². The number of thioether (sulfide) groups is 1. The SMILES string of the molecule is CCSc1cc(O)cnc1-c1nc2cc(S(=O)(=O)C(F)(F)F)ncc2n1C. The van der Waals surface area contributed by atoms with Crippen LogP contribution >= 0.6 is 11.8 Å². The van der Waals surface area contributed by atoms with Crippen LogP contribution in [0.5, 0.6) is 5.75 Å². The zero-order chi connectivity index (χ0) is 20.0. The summed E-state index contributed by atoms with van der Waals surface area (Å²) in [5, 5.41) is 8.52. The highest BCUT2D eigenvalue weighted by molar-refractivity contribution is 7.99. The van der Waals surface area contributed by atoms with E-state index in [1.54, 1.807) is 11.6 Å². The van der Waals surface area contributed by atoms with Crippen LogP contribution in [-0.4, -0.2) is 44.3 Å². The molecule has 3 aromatic rings. The number of halogens is 3. The summed E-state index contributed by atoms with van der Waals surface area (Å²) in [6.45, 7) is 1.91. The summed E-state index contributed by atoms with van der Waals surface area (Å²) in [6.07, 6.45) is 2.25. The molecule has 3 rings (SSSR count). The third-order valence-electron chi connectivity index (χ3n) is 3.67. The summed E-state index contributed by atoms with van der Waals surface area (Å²) >= 11 is 1.40. The highest BCUT2D eigenvalue weighted by atomic mass is 32.2. The summed E-state index contributed by atoms with van der Waals surface area (Å²) in [7, 11) is -3.96. The minimum Gasteiger partial charge on any atom is -0.506 e. The van der Waals surface area contributed by atoms with Gasteiger partial charge in [-0.15, -0.1) is 11.8 Å². The summed E-state index contributed by atoms with van der Waals surface area (Å²) in [5.41, 5.74) is -4.66. The lowest BCUT2D eigenvalue weighted by Crippen LogP contribution is -2.24. The zero-order valence-electron chi connectivity index (χ0n) is 14.0. The molecule has 12 heteroatoms. The fourth-order valence-electron chi connectivity index (χ4n) is 2.42. The summed E-state index contributed by atoms with van der Waals surface area (Å²) in [6, 6.07) is 2.29. The van der Waals surface area contributed by atoms with Crippen molar-refractivity contribution in [1.82, 2.24) is 19.5 Å². The molecule has 0 radical (unpaired) electrons. The lowest BCUT2D eigenvalue weighted by atomic mass is 10.3. The normalized spacial score (nSPS) is 12.6. The van der Waals surface area contributed by atoms with E-state index < -0.39 is 20.4 Å². The van der Waals surface area contributed by atoms with Crippen LogP contribution in [0.3, 0.4) is 0 Å². The molecular weight excluding hydrogens is 405 g/mol. The summed E-state index contributed by atoms with van der Waals surface area (Å²) < 4.78 is 63.0. The predicted octanol–water partition coefficient (Wildman–Crippen LogP) is 3.14. The van der Waals surface area contributed by atoms with Gasteiger partial charge in [0.15, 0.2) is 10.9 Å². The molecule has 7 nitrogen and oxygen atoms in total. The Kier molecular flexibility index (Phi) is 4.80. The standard InChI is InChI=1S/C15H13F3N4O3S2/c1-3-26-11-4-8(23)6-20-13(11)14-21-9-5-12(19-7-10(9)22(14)2)27(24,25)15(16,17)18/h4-7,23H,3H2,1-2H3. The van der Waals surface area contributed by atoms with Crippen molar-refractivity contribution in [2.75, 3.05) is 5.75 Å². The van der Waals surface area contributed by atoms with Crippen molar-refractivity contribution in [1.29, 1.82) is 0 Å². The average Bonchev–Trinajstić information content (AvgIpc) is 2.90. The molecule has 0 aliphatic carbocycles. The van der Waals surface area contributed by atoms with E-state index in [1.807, 2.05) is 6.92 Å². The van der Waals surface area contributed by atoms with Gasteiger partial charge >= 0.3 is 5.51 Å². The average molecular weight is 418 g/mol. The lowest BCUT2D eigenvalue weighted by Gasteiger charge is -2.08. The van der Waals surface area contributed by atoms with Gasteiger partial charge in [-0.3, -0.25) is 0 Å². The number of rotatable bonds is 4. The third kappa shape index (κ3) is 3.34. The highest BCUT2D eigenvalue weighted by Crippen LogP contribution is 2.34. The maximum atomic E-state index is 12.8. The highest BCUT2D eigenvalue weighted by Gasteiger charge is 2.48. The van der Waals surface area contributed by atoms with E-state index in [4.69, 9.17) is 0 Å². The van der Waals surface area contributed by atoms with Gasteiger partial charge in [-0.1, -0.05) is 6.92 Å². The first-order chi connectivity index (χ1) is 12.6. The fourth-order valence-corrected chi connectivity index (χ4v) is 3.91. The molecule has 0 atom stereocenters. The number of aromatic nitrogens is 4. The monoisotopic (exact) mass is 418 g/mol. The van der Waals surface area contributed by atoms with Crippen molar-refractivity contribution >= 4 is 32.6 Å². The first-order valence-corrected chi connectivity index (χ1v) is 9.99. The maximum Gasteiger partial charge on any atom is 0.503 e. The van der Waals surface area contributed by atoms with E-state index in [-0.39, 0.29) is 11.3 Å². The lowest BCUT2D eigenvalue weighted by molar-refractivity contribution is -0.0438. The van der Waals surface area contributed by atoms with E-state index in [2.05, 4.69) is 15.0 Å². The molecule has 3 aromatic heterocycles. The molecule has 0 saturated carbocycles. The number of aryl methyl sites for hydroxylation is 1. The quantitative estimate of drug-likeness (QED) is 0.650. The molecule has 0 spiro atoms. The molecule has 1 N–H and O–H groups in total. The number of sulfone groups is 1. The molecular formula is C15H13F3N4O3S2. The number of pyridine rings is 2. The molecule has 27 heavy (non-hydrogen) atoms. The Bertz CT molecular complexity index is 1130. The van der Waals surface area contributed by atoms with Gasteiger partial charge in [0.2, 0.25) is 0 Å². The number of imidazole rings is 1. The number of aromatic hydroxyl groups is 1. The predicted molar refractivity (Wildman–Crippen MR) is 93.0 cm³/mol. The van der Waals surface area contributed by atoms with Crippen LogP contribution in [0.4, 0.5) is 13.2 Å². The van der Waals surface area contributed by atoms with Gasteiger partial charge in [0, 0.05) is 18.0 Å². The van der Waals surface area contributed by atoms with Gasteiger partial charge in [0.1, 0.15) is 11.4 Å². The number of hydrogen-bond donors (Lipinski definition) is 1. The van der Waals surface area contributed by atoms with E-state index in [0.29, 0.717) is 27.7 Å². The van der Waals surface area contributed by atoms with Crippen LogP contribution in [0.1, 0.15) is 6.92 Å². The van der Waals surface area contributed by atoms with Gasteiger partial charge in [-0.2, -0.15) is 13.2 Å². The molecule has 0 unspecified atom stereocenters. The Morgan fingerprint density at radius 3 is 2.56 bits per heavy atom. The zero-order valence-corrected chi connectivity index (χ0v) is 15.7. The van der Waals surface area contributed by atoms with Crippen molar-refractivity contribution in [3.8, 4) is 17.3 Å². The summed E-state index contributed by atoms with van der Waals surface area (Å²) in [5.74, 6) is 0.968. The van der Waals surface area contributed by atoms with Gasteiger partial charge in [0.05, 0.1) is 23.4 Å². The van der Waals surface area contributed by atoms with Gasteiger partial charge in [-0.25, -0.2) is 23.4 Å². The summed E-state index contributed by atoms with van der Waals surface area (Å²) in [4.78, 5) is 12.5. The Morgan fingerprint density at radius 2 is 1.93 bits per heavy atom. The van der Waals surface area contributed by atoms with E-state index >= 15 is 0 Å². The first kappa shape index (κ1) is 19.4. The molecule has 144 valence electrons.